The van der Waals surface area contributed by atoms with E-state index in [4.69, 9.17) is 11.6 Å². The Hall–Kier alpha value is -0.580. The van der Waals surface area contributed by atoms with Crippen molar-refractivity contribution in [1.82, 2.24) is 15.3 Å². The maximum atomic E-state index is 6.14. The van der Waals surface area contributed by atoms with Crippen molar-refractivity contribution in [2.75, 3.05) is 31.1 Å². The number of anilines is 1. The van der Waals surface area contributed by atoms with E-state index in [0.717, 1.165) is 37.7 Å². The standard InChI is InChI=1S/C9H13ClN4.ClH/c1-7-8(10)9(13-6-12-7)14-4-2-11-3-5-14;/h6,11H,2-5H2,1H3;1H. The molecule has 0 aromatic carbocycles. The van der Waals surface area contributed by atoms with Gasteiger partial charge in [0.2, 0.25) is 0 Å². The highest BCUT2D eigenvalue weighted by atomic mass is 35.5. The fourth-order valence-electron chi connectivity index (χ4n) is 1.54. The Bertz CT molecular complexity index is 326. The van der Waals surface area contributed by atoms with Crippen LogP contribution in [0.15, 0.2) is 6.33 Å². The monoisotopic (exact) mass is 248 g/mol. The first kappa shape index (κ1) is 12.5. The lowest BCUT2D eigenvalue weighted by Gasteiger charge is -2.29. The SMILES string of the molecule is Cc1ncnc(N2CCNCC2)c1Cl.Cl. The number of aryl methyl sites for hydroxylation is 1. The second-order valence-corrected chi connectivity index (χ2v) is 3.71. The van der Waals surface area contributed by atoms with Crippen LogP contribution in [0.1, 0.15) is 5.69 Å². The summed E-state index contributed by atoms with van der Waals surface area (Å²) < 4.78 is 0. The number of hydrogen-bond acceptors (Lipinski definition) is 4. The van der Waals surface area contributed by atoms with Crippen LogP contribution in [0.3, 0.4) is 0 Å². The quantitative estimate of drug-likeness (QED) is 0.813. The van der Waals surface area contributed by atoms with Crippen molar-refractivity contribution in [1.29, 1.82) is 0 Å². The van der Waals surface area contributed by atoms with Crippen LogP contribution in [0.4, 0.5) is 5.82 Å². The van der Waals surface area contributed by atoms with E-state index in [-0.39, 0.29) is 12.4 Å². The smallest absolute Gasteiger partial charge is 0.151 e. The van der Waals surface area contributed by atoms with Crippen LogP contribution in [0.5, 0.6) is 0 Å². The number of rotatable bonds is 1. The average Bonchev–Trinajstić information content (AvgIpc) is 2.23. The molecule has 84 valence electrons. The van der Waals surface area contributed by atoms with Gasteiger partial charge in [-0.2, -0.15) is 0 Å². The van der Waals surface area contributed by atoms with Crippen LogP contribution in [0.2, 0.25) is 5.02 Å². The van der Waals surface area contributed by atoms with Crippen LogP contribution in [0.25, 0.3) is 0 Å². The summed E-state index contributed by atoms with van der Waals surface area (Å²) in [6, 6.07) is 0. The number of halogens is 2. The molecule has 1 aliphatic rings. The lowest BCUT2D eigenvalue weighted by molar-refractivity contribution is 0.584. The predicted octanol–water partition coefficient (Wildman–Crippen LogP) is 1.27. The number of aromatic nitrogens is 2. The summed E-state index contributed by atoms with van der Waals surface area (Å²) in [6.07, 6.45) is 1.57. The summed E-state index contributed by atoms with van der Waals surface area (Å²) in [7, 11) is 0. The minimum absolute atomic E-state index is 0. The van der Waals surface area contributed by atoms with Gasteiger partial charge in [-0.25, -0.2) is 9.97 Å². The highest BCUT2D eigenvalue weighted by Crippen LogP contribution is 2.24. The van der Waals surface area contributed by atoms with Gasteiger partial charge in [0.1, 0.15) is 11.3 Å². The van der Waals surface area contributed by atoms with Gasteiger partial charge in [0.25, 0.3) is 0 Å². The van der Waals surface area contributed by atoms with Crippen molar-refractivity contribution in [3.8, 4) is 0 Å². The largest absolute Gasteiger partial charge is 0.353 e. The highest BCUT2D eigenvalue weighted by molar-refractivity contribution is 6.33. The molecule has 6 heteroatoms. The van der Waals surface area contributed by atoms with E-state index in [1.54, 1.807) is 6.33 Å². The molecule has 1 saturated heterocycles. The Morgan fingerprint density at radius 3 is 2.67 bits per heavy atom. The Morgan fingerprint density at radius 1 is 1.33 bits per heavy atom. The zero-order valence-corrected chi connectivity index (χ0v) is 10.1. The number of nitrogens with one attached hydrogen (secondary N) is 1. The van der Waals surface area contributed by atoms with E-state index in [1.807, 2.05) is 6.92 Å². The van der Waals surface area contributed by atoms with Crippen LogP contribution < -0.4 is 10.2 Å². The molecule has 15 heavy (non-hydrogen) atoms. The van der Waals surface area contributed by atoms with Crippen molar-refractivity contribution in [3.63, 3.8) is 0 Å². The van der Waals surface area contributed by atoms with E-state index < -0.39 is 0 Å². The van der Waals surface area contributed by atoms with Gasteiger partial charge in [-0.05, 0) is 6.92 Å². The Morgan fingerprint density at radius 2 is 2.00 bits per heavy atom. The molecule has 1 aromatic rings. The average molecular weight is 249 g/mol. The lowest BCUT2D eigenvalue weighted by Crippen LogP contribution is -2.44. The summed E-state index contributed by atoms with van der Waals surface area (Å²) in [5, 5.41) is 3.97. The molecule has 0 radical (unpaired) electrons. The van der Waals surface area contributed by atoms with Gasteiger partial charge in [-0.3, -0.25) is 0 Å². The van der Waals surface area contributed by atoms with E-state index in [2.05, 4.69) is 20.2 Å². The summed E-state index contributed by atoms with van der Waals surface area (Å²) in [6.45, 7) is 5.78. The highest BCUT2D eigenvalue weighted by Gasteiger charge is 2.15. The first-order chi connectivity index (χ1) is 6.79. The lowest BCUT2D eigenvalue weighted by atomic mass is 10.3. The van der Waals surface area contributed by atoms with Crippen molar-refractivity contribution >= 4 is 29.8 Å². The van der Waals surface area contributed by atoms with Gasteiger partial charge in [-0.1, -0.05) is 11.6 Å². The maximum Gasteiger partial charge on any atom is 0.151 e. The Balaban J connectivity index is 0.00000112. The number of hydrogen-bond donors (Lipinski definition) is 1. The van der Waals surface area contributed by atoms with Gasteiger partial charge in [0.05, 0.1) is 5.69 Å². The maximum absolute atomic E-state index is 6.14. The van der Waals surface area contributed by atoms with Gasteiger partial charge in [-0.15, -0.1) is 12.4 Å². The van der Waals surface area contributed by atoms with Gasteiger partial charge >= 0.3 is 0 Å². The molecule has 0 spiro atoms. The topological polar surface area (TPSA) is 41.1 Å². The fourth-order valence-corrected chi connectivity index (χ4v) is 1.76. The molecule has 2 heterocycles. The van der Waals surface area contributed by atoms with Gasteiger partial charge in [0.15, 0.2) is 5.82 Å². The van der Waals surface area contributed by atoms with Crippen molar-refractivity contribution in [2.45, 2.75) is 6.92 Å². The molecule has 1 N–H and O–H groups in total. The summed E-state index contributed by atoms with van der Waals surface area (Å²) in [5.74, 6) is 0.862. The van der Waals surface area contributed by atoms with Crippen molar-refractivity contribution < 1.29 is 0 Å². The third kappa shape index (κ3) is 2.71. The normalized spacial score (nSPS) is 16.0. The van der Waals surface area contributed by atoms with E-state index in [9.17, 15) is 0 Å². The zero-order chi connectivity index (χ0) is 9.97. The molecular formula is C9H14Cl2N4. The Kier molecular flexibility index (Phi) is 4.57. The first-order valence-electron chi connectivity index (χ1n) is 4.72. The molecular weight excluding hydrogens is 235 g/mol. The van der Waals surface area contributed by atoms with Crippen LogP contribution in [-0.2, 0) is 0 Å². The third-order valence-corrected chi connectivity index (χ3v) is 2.80. The Labute approximate surface area is 100 Å². The van der Waals surface area contributed by atoms with E-state index >= 15 is 0 Å². The minimum atomic E-state index is 0. The van der Waals surface area contributed by atoms with Crippen LogP contribution >= 0.6 is 24.0 Å². The van der Waals surface area contributed by atoms with Crippen LogP contribution in [-0.4, -0.2) is 36.1 Å². The molecule has 0 bridgehead atoms. The zero-order valence-electron chi connectivity index (χ0n) is 8.53. The van der Waals surface area contributed by atoms with E-state index in [1.165, 1.54) is 0 Å². The molecule has 2 rings (SSSR count). The summed E-state index contributed by atoms with van der Waals surface area (Å²) in [4.78, 5) is 10.5. The first-order valence-corrected chi connectivity index (χ1v) is 5.09. The summed E-state index contributed by atoms with van der Waals surface area (Å²) >= 11 is 6.14. The fraction of sp³-hybridized carbons (Fsp3) is 0.556. The predicted molar refractivity (Wildman–Crippen MR) is 64.1 cm³/mol. The van der Waals surface area contributed by atoms with Gasteiger partial charge in [0, 0.05) is 26.2 Å². The second-order valence-electron chi connectivity index (χ2n) is 3.33. The second kappa shape index (κ2) is 5.49. The van der Waals surface area contributed by atoms with Crippen molar-refractivity contribution in [3.05, 3.63) is 17.0 Å². The molecule has 4 nitrogen and oxygen atoms in total. The van der Waals surface area contributed by atoms with E-state index in [0.29, 0.717) is 5.02 Å². The molecule has 0 amide bonds. The molecule has 1 aromatic heterocycles. The molecule has 0 aliphatic carbocycles. The number of piperazine rings is 1. The van der Waals surface area contributed by atoms with Gasteiger partial charge < -0.3 is 10.2 Å². The molecule has 0 saturated carbocycles. The number of nitrogens with zero attached hydrogens (tertiary/aromatic N) is 3. The molecule has 1 aliphatic heterocycles. The molecule has 1 fully saturated rings. The summed E-state index contributed by atoms with van der Waals surface area (Å²) in [5.41, 5.74) is 0.843. The third-order valence-electron chi connectivity index (χ3n) is 2.36. The molecule has 0 atom stereocenters. The van der Waals surface area contributed by atoms with Crippen molar-refractivity contribution in [2.24, 2.45) is 0 Å². The molecule has 0 unspecified atom stereocenters. The van der Waals surface area contributed by atoms with Crippen LogP contribution in [0, 0.1) is 6.92 Å². The minimum Gasteiger partial charge on any atom is -0.353 e.